The van der Waals surface area contributed by atoms with Gasteiger partial charge in [0.2, 0.25) is 0 Å². The van der Waals surface area contributed by atoms with E-state index >= 15 is 0 Å². The molecule has 0 amide bonds. The van der Waals surface area contributed by atoms with Crippen LogP contribution in [0, 0.1) is 6.92 Å². The Morgan fingerprint density at radius 1 is 0.852 bits per heavy atom. The molecule has 0 atom stereocenters. The highest BCUT2D eigenvalue weighted by Gasteiger charge is 2.37. The van der Waals surface area contributed by atoms with Gasteiger partial charge in [-0.3, -0.25) is 0 Å². The molecule has 1 aliphatic rings. The predicted octanol–water partition coefficient (Wildman–Crippen LogP) is 5.23. The first-order valence-electron chi connectivity index (χ1n) is 9.14. The fraction of sp³-hybridized carbons (Fsp3) is 0.125. The van der Waals surface area contributed by atoms with Crippen LogP contribution in [0.2, 0.25) is 0 Å². The Morgan fingerprint density at radius 2 is 1.48 bits per heavy atom. The van der Waals surface area contributed by atoms with E-state index in [0.717, 1.165) is 39.3 Å². The molecule has 27 heavy (non-hydrogen) atoms. The molecule has 4 aromatic rings. The molecule has 0 radical (unpaired) electrons. The van der Waals surface area contributed by atoms with Crippen molar-refractivity contribution in [2.45, 2.75) is 12.5 Å². The van der Waals surface area contributed by atoms with Crippen LogP contribution in [0.15, 0.2) is 78.9 Å². The summed E-state index contributed by atoms with van der Waals surface area (Å²) in [5.74, 6) is 1.85. The van der Waals surface area contributed by atoms with Gasteiger partial charge in [-0.1, -0.05) is 60.7 Å². The minimum Gasteiger partial charge on any atom is -0.473 e. The van der Waals surface area contributed by atoms with E-state index in [9.17, 15) is 0 Å². The molecule has 3 heteroatoms. The summed E-state index contributed by atoms with van der Waals surface area (Å²) in [5, 5.41) is 0. The van der Waals surface area contributed by atoms with Gasteiger partial charge in [0.1, 0.15) is 11.6 Å². The predicted molar refractivity (Wildman–Crippen MR) is 109 cm³/mol. The Bertz CT molecular complexity index is 1120. The second kappa shape index (κ2) is 5.85. The molecule has 0 N–H and O–H groups in total. The zero-order valence-electron chi connectivity index (χ0n) is 15.4. The van der Waals surface area contributed by atoms with Crippen LogP contribution in [0.25, 0.3) is 17.1 Å². The van der Waals surface area contributed by atoms with Gasteiger partial charge in [0.05, 0.1) is 11.0 Å². The number of nitrogens with zero attached hydrogens (tertiary/aromatic N) is 2. The zero-order chi connectivity index (χ0) is 18.4. The molecular weight excluding hydrogens is 332 g/mol. The van der Waals surface area contributed by atoms with Crippen molar-refractivity contribution in [2.24, 2.45) is 7.05 Å². The average molecular weight is 352 g/mol. The molecule has 1 aromatic heterocycles. The van der Waals surface area contributed by atoms with Crippen LogP contribution in [-0.4, -0.2) is 9.55 Å². The monoisotopic (exact) mass is 352 g/mol. The molecule has 3 nitrogen and oxygen atoms in total. The maximum Gasteiger partial charge on any atom is 0.178 e. The van der Waals surface area contributed by atoms with E-state index in [4.69, 9.17) is 9.72 Å². The smallest absolute Gasteiger partial charge is 0.178 e. The number of benzene rings is 3. The number of hydrogen-bond donors (Lipinski definition) is 0. The molecule has 2 heterocycles. The summed E-state index contributed by atoms with van der Waals surface area (Å²) >= 11 is 0. The van der Waals surface area contributed by atoms with Gasteiger partial charge in [0.25, 0.3) is 0 Å². The molecule has 5 rings (SSSR count). The lowest BCUT2D eigenvalue weighted by atomic mass is 9.83. The van der Waals surface area contributed by atoms with Crippen molar-refractivity contribution in [3.05, 3.63) is 101 Å². The van der Waals surface area contributed by atoms with Crippen molar-refractivity contribution in [1.82, 2.24) is 9.55 Å². The highest BCUT2D eigenvalue weighted by molar-refractivity contribution is 5.89. The van der Waals surface area contributed by atoms with Crippen molar-refractivity contribution < 1.29 is 4.74 Å². The van der Waals surface area contributed by atoms with Gasteiger partial charge >= 0.3 is 0 Å². The number of aromatic nitrogens is 2. The summed E-state index contributed by atoms with van der Waals surface area (Å²) in [6, 6.07) is 24.9. The lowest BCUT2D eigenvalue weighted by molar-refractivity contribution is 0.161. The lowest BCUT2D eigenvalue weighted by Crippen LogP contribution is -2.34. The van der Waals surface area contributed by atoms with Gasteiger partial charge in [-0.25, -0.2) is 4.98 Å². The first-order valence-corrected chi connectivity index (χ1v) is 9.14. The lowest BCUT2D eigenvalue weighted by Gasteiger charge is -2.36. The Labute approximate surface area is 158 Å². The molecule has 0 spiro atoms. The molecule has 0 bridgehead atoms. The van der Waals surface area contributed by atoms with Crippen LogP contribution in [-0.2, 0) is 12.6 Å². The van der Waals surface area contributed by atoms with E-state index in [1.165, 1.54) is 0 Å². The molecule has 0 fully saturated rings. The van der Waals surface area contributed by atoms with E-state index in [1.54, 1.807) is 0 Å². The molecule has 0 unspecified atom stereocenters. The molecule has 1 aliphatic heterocycles. The van der Waals surface area contributed by atoms with Gasteiger partial charge in [-0.05, 0) is 31.2 Å². The number of fused-ring (bicyclic) bond motifs is 3. The third-order valence-electron chi connectivity index (χ3n) is 5.44. The van der Waals surface area contributed by atoms with Crippen molar-refractivity contribution in [2.75, 3.05) is 0 Å². The second-order valence-electron chi connectivity index (χ2n) is 6.97. The molecule has 3 aromatic carbocycles. The molecule has 0 aliphatic carbocycles. The molecule has 0 saturated heterocycles. The third kappa shape index (κ3) is 2.32. The number of hydrogen-bond acceptors (Lipinski definition) is 2. The number of aryl methyl sites for hydroxylation is 2. The maximum absolute atomic E-state index is 6.71. The number of imidazole rings is 1. The van der Waals surface area contributed by atoms with E-state index in [1.807, 2.05) is 26.1 Å². The second-order valence-corrected chi connectivity index (χ2v) is 6.97. The van der Waals surface area contributed by atoms with Gasteiger partial charge in [-0.15, -0.1) is 0 Å². The summed E-state index contributed by atoms with van der Waals surface area (Å²) in [7, 11) is 2.04. The summed E-state index contributed by atoms with van der Waals surface area (Å²) in [4.78, 5) is 4.75. The van der Waals surface area contributed by atoms with E-state index in [2.05, 4.69) is 77.4 Å². The number of ether oxygens (including phenoxy) is 1. The summed E-state index contributed by atoms with van der Waals surface area (Å²) in [6.45, 7) is 2.03. The van der Waals surface area contributed by atoms with Crippen molar-refractivity contribution in [3.8, 4) is 5.75 Å². The Hall–Kier alpha value is -3.33. The van der Waals surface area contributed by atoms with Crippen LogP contribution < -0.4 is 4.74 Å². The Kier molecular flexibility index (Phi) is 3.44. The van der Waals surface area contributed by atoms with Gasteiger partial charge < -0.3 is 9.30 Å². The summed E-state index contributed by atoms with van der Waals surface area (Å²) in [6.07, 6.45) is 4.32. The van der Waals surface area contributed by atoms with Crippen LogP contribution in [0.1, 0.15) is 22.5 Å². The molecule has 0 saturated carbocycles. The highest BCUT2D eigenvalue weighted by Crippen LogP contribution is 2.43. The van der Waals surface area contributed by atoms with E-state index < -0.39 is 5.60 Å². The van der Waals surface area contributed by atoms with Gasteiger partial charge in [-0.2, -0.15) is 0 Å². The molecule has 132 valence electrons. The van der Waals surface area contributed by atoms with Crippen LogP contribution in [0.4, 0.5) is 0 Å². The fourth-order valence-corrected chi connectivity index (χ4v) is 3.88. The Morgan fingerprint density at radius 3 is 2.11 bits per heavy atom. The van der Waals surface area contributed by atoms with E-state index in [-0.39, 0.29) is 0 Å². The SMILES string of the molecule is Cc1nc2c3c(ccc2n1C)OC(c1ccccc1)(c1ccccc1)C=C3. The fourth-order valence-electron chi connectivity index (χ4n) is 3.88. The quantitative estimate of drug-likeness (QED) is 0.494. The van der Waals surface area contributed by atoms with Gasteiger partial charge in [0, 0.05) is 23.7 Å². The maximum atomic E-state index is 6.71. The Balaban J connectivity index is 1.75. The largest absolute Gasteiger partial charge is 0.473 e. The topological polar surface area (TPSA) is 27.1 Å². The van der Waals surface area contributed by atoms with Crippen molar-refractivity contribution in [1.29, 1.82) is 0 Å². The zero-order valence-corrected chi connectivity index (χ0v) is 15.4. The van der Waals surface area contributed by atoms with Crippen LogP contribution >= 0.6 is 0 Å². The third-order valence-corrected chi connectivity index (χ3v) is 5.44. The average Bonchev–Trinajstić information content (AvgIpc) is 3.03. The normalized spacial score (nSPS) is 14.7. The molecular formula is C24H20N2O. The standard InChI is InChI=1S/C24H20N2O/c1-17-25-23-20-15-16-24(18-9-5-3-6-10-18,19-11-7-4-8-12-19)27-22(20)14-13-21(23)26(17)2/h3-16H,1-2H3. The van der Waals surface area contributed by atoms with Gasteiger partial charge in [0.15, 0.2) is 5.60 Å². The minimum atomic E-state index is -0.646. The number of rotatable bonds is 2. The first kappa shape index (κ1) is 15.9. The van der Waals surface area contributed by atoms with Crippen LogP contribution in [0.3, 0.4) is 0 Å². The van der Waals surface area contributed by atoms with Crippen molar-refractivity contribution in [3.63, 3.8) is 0 Å². The van der Waals surface area contributed by atoms with Crippen molar-refractivity contribution >= 4 is 17.1 Å². The minimum absolute atomic E-state index is 0.646. The first-order chi connectivity index (χ1) is 13.2. The summed E-state index contributed by atoms with van der Waals surface area (Å²) in [5.41, 5.74) is 4.71. The summed E-state index contributed by atoms with van der Waals surface area (Å²) < 4.78 is 8.82. The van der Waals surface area contributed by atoms with Crippen LogP contribution in [0.5, 0.6) is 5.75 Å². The van der Waals surface area contributed by atoms with E-state index in [0.29, 0.717) is 0 Å². The highest BCUT2D eigenvalue weighted by atomic mass is 16.5.